The molecule has 0 aliphatic carbocycles. The monoisotopic (exact) mass is 272 g/mol. The van der Waals surface area contributed by atoms with E-state index in [9.17, 15) is 8.42 Å². The molecular formula is C12H20N2O3S. The Morgan fingerprint density at radius 3 is 2.72 bits per heavy atom. The number of hydrogen-bond acceptors (Lipinski definition) is 3. The molecule has 0 spiro atoms. The van der Waals surface area contributed by atoms with Crippen LogP contribution in [0.1, 0.15) is 13.8 Å². The zero-order valence-corrected chi connectivity index (χ0v) is 11.6. The summed E-state index contributed by atoms with van der Waals surface area (Å²) in [6.45, 7) is 5.00. The molecule has 0 amide bonds. The standard InChI is InChI=1S/C12H19N2O3S/c1-10(2)9-17-12-5-3-4-11(8-12)14-18(15,16)7-6-13/h3-5,8,10H,6-7,9,13H2,1-2H3/q-1/p+1. The van der Waals surface area contributed by atoms with Crippen molar-refractivity contribution < 1.29 is 18.9 Å². The Kier molecular flexibility index (Phi) is 5.43. The lowest BCUT2D eigenvalue weighted by atomic mass is 10.2. The number of hydrogen-bond donors (Lipinski definition) is 1. The van der Waals surface area contributed by atoms with E-state index in [-0.39, 0.29) is 5.75 Å². The highest BCUT2D eigenvalue weighted by molar-refractivity contribution is 7.94. The molecule has 102 valence electrons. The van der Waals surface area contributed by atoms with Gasteiger partial charge in [-0.2, -0.15) is 0 Å². The lowest BCUT2D eigenvalue weighted by molar-refractivity contribution is -0.360. The van der Waals surface area contributed by atoms with Gasteiger partial charge in [0.2, 0.25) is 0 Å². The van der Waals surface area contributed by atoms with E-state index in [1.54, 1.807) is 24.3 Å². The van der Waals surface area contributed by atoms with Gasteiger partial charge in [-0.15, -0.1) is 5.69 Å². The Hall–Kier alpha value is -1.27. The second-order valence-electron chi connectivity index (χ2n) is 4.43. The summed E-state index contributed by atoms with van der Waals surface area (Å²) in [7, 11) is -3.43. The molecular weight excluding hydrogens is 252 g/mol. The highest BCUT2D eigenvalue weighted by Gasteiger charge is 2.00. The van der Waals surface area contributed by atoms with Gasteiger partial charge in [-0.3, -0.25) is 0 Å². The van der Waals surface area contributed by atoms with Crippen molar-refractivity contribution in [1.29, 1.82) is 0 Å². The molecule has 0 radical (unpaired) electrons. The van der Waals surface area contributed by atoms with Gasteiger partial charge in [-0.1, -0.05) is 26.0 Å². The maximum absolute atomic E-state index is 11.5. The number of quaternary nitrogens is 1. The molecule has 1 rings (SSSR count). The molecule has 6 heteroatoms. The van der Waals surface area contributed by atoms with Crippen LogP contribution in [0.25, 0.3) is 4.72 Å². The minimum atomic E-state index is -3.43. The molecule has 18 heavy (non-hydrogen) atoms. The predicted octanol–water partition coefficient (Wildman–Crippen LogP) is 1.30. The van der Waals surface area contributed by atoms with Crippen molar-refractivity contribution in [3.8, 4) is 5.75 Å². The molecule has 1 aromatic carbocycles. The number of nitrogens with zero attached hydrogens (tertiary/aromatic N) is 1. The minimum Gasteiger partial charge on any atom is -0.577 e. The fourth-order valence-corrected chi connectivity index (χ4v) is 2.17. The Balaban J connectivity index is 2.70. The Morgan fingerprint density at radius 1 is 1.39 bits per heavy atom. The summed E-state index contributed by atoms with van der Waals surface area (Å²) in [6.07, 6.45) is 0. The molecule has 0 aliphatic heterocycles. The molecule has 1 aromatic rings. The van der Waals surface area contributed by atoms with Gasteiger partial charge in [0, 0.05) is 0 Å². The van der Waals surface area contributed by atoms with Crippen LogP contribution in [0.3, 0.4) is 0 Å². The van der Waals surface area contributed by atoms with Crippen molar-refractivity contribution in [3.05, 3.63) is 29.0 Å². The van der Waals surface area contributed by atoms with Crippen molar-refractivity contribution in [2.45, 2.75) is 13.8 Å². The second-order valence-corrected chi connectivity index (χ2v) is 6.19. The molecule has 0 saturated carbocycles. The van der Waals surface area contributed by atoms with Gasteiger partial charge in [0.1, 0.15) is 5.75 Å². The molecule has 3 N–H and O–H groups in total. The van der Waals surface area contributed by atoms with Crippen molar-refractivity contribution >= 4 is 15.7 Å². The van der Waals surface area contributed by atoms with Gasteiger partial charge in [0.25, 0.3) is 0 Å². The zero-order chi connectivity index (χ0) is 13.6. The molecule has 0 aliphatic rings. The first kappa shape index (κ1) is 14.8. The smallest absolute Gasteiger partial charge is 0.118 e. The van der Waals surface area contributed by atoms with Crippen molar-refractivity contribution in [1.82, 2.24) is 0 Å². The topological polar surface area (TPSA) is 85.1 Å². The van der Waals surface area contributed by atoms with Crippen LogP contribution < -0.4 is 10.5 Å². The molecule has 0 saturated heterocycles. The SMILES string of the molecule is CC(C)COc1cccc([N-]S(=O)(=O)CC[NH3+])c1. The van der Waals surface area contributed by atoms with Gasteiger partial charge < -0.3 is 15.2 Å². The first-order valence-electron chi connectivity index (χ1n) is 5.91. The fourth-order valence-electron chi connectivity index (χ4n) is 1.28. The van der Waals surface area contributed by atoms with Crippen LogP contribution in [-0.4, -0.2) is 27.3 Å². The normalized spacial score (nSPS) is 11.6. The van der Waals surface area contributed by atoms with E-state index in [0.29, 0.717) is 30.5 Å². The zero-order valence-electron chi connectivity index (χ0n) is 10.8. The molecule has 0 unspecified atom stereocenters. The molecule has 0 bridgehead atoms. The highest BCUT2D eigenvalue weighted by Crippen LogP contribution is 2.26. The third-order valence-electron chi connectivity index (χ3n) is 2.05. The van der Waals surface area contributed by atoms with Gasteiger partial charge in [0.15, 0.2) is 0 Å². The molecule has 0 atom stereocenters. The van der Waals surface area contributed by atoms with Gasteiger partial charge in [-0.05, 0) is 18.1 Å². The number of sulfonamides is 1. The van der Waals surface area contributed by atoms with E-state index in [1.807, 2.05) is 13.8 Å². The van der Waals surface area contributed by atoms with Crippen LogP contribution in [0, 0.1) is 5.92 Å². The third kappa shape index (κ3) is 5.37. The Morgan fingerprint density at radius 2 is 2.11 bits per heavy atom. The number of rotatable bonds is 7. The molecule has 0 aromatic heterocycles. The van der Waals surface area contributed by atoms with Crippen molar-refractivity contribution in [2.24, 2.45) is 5.92 Å². The first-order chi connectivity index (χ1) is 8.43. The van der Waals surface area contributed by atoms with Gasteiger partial charge in [0.05, 0.1) is 28.9 Å². The highest BCUT2D eigenvalue weighted by atomic mass is 32.2. The molecule has 0 heterocycles. The maximum Gasteiger partial charge on any atom is 0.118 e. The van der Waals surface area contributed by atoms with E-state index in [0.717, 1.165) is 0 Å². The van der Waals surface area contributed by atoms with E-state index >= 15 is 0 Å². The lowest BCUT2D eigenvalue weighted by Crippen LogP contribution is -2.52. The quantitative estimate of drug-likeness (QED) is 0.811. The Labute approximate surface area is 108 Å². The summed E-state index contributed by atoms with van der Waals surface area (Å²) in [5.41, 5.74) is 3.91. The lowest BCUT2D eigenvalue weighted by Gasteiger charge is -2.21. The average molecular weight is 272 g/mol. The van der Waals surface area contributed by atoms with Gasteiger partial charge >= 0.3 is 0 Å². The van der Waals surface area contributed by atoms with Crippen LogP contribution in [0.15, 0.2) is 24.3 Å². The summed E-state index contributed by atoms with van der Waals surface area (Å²) < 4.78 is 32.3. The van der Waals surface area contributed by atoms with E-state index in [1.165, 1.54) is 0 Å². The van der Waals surface area contributed by atoms with E-state index in [2.05, 4.69) is 10.5 Å². The largest absolute Gasteiger partial charge is 0.577 e. The predicted molar refractivity (Wildman–Crippen MR) is 71.3 cm³/mol. The summed E-state index contributed by atoms with van der Waals surface area (Å²) in [5.74, 6) is 1.01. The molecule has 5 nitrogen and oxygen atoms in total. The van der Waals surface area contributed by atoms with Crippen LogP contribution in [-0.2, 0) is 10.0 Å². The number of ether oxygens (including phenoxy) is 1. The summed E-state index contributed by atoms with van der Waals surface area (Å²) in [4.78, 5) is 0. The minimum absolute atomic E-state index is 0.0376. The van der Waals surface area contributed by atoms with E-state index < -0.39 is 10.0 Å². The van der Waals surface area contributed by atoms with Crippen LogP contribution >= 0.6 is 0 Å². The van der Waals surface area contributed by atoms with Crippen molar-refractivity contribution in [3.63, 3.8) is 0 Å². The summed E-state index contributed by atoms with van der Waals surface area (Å²) >= 11 is 0. The average Bonchev–Trinajstić information content (AvgIpc) is 2.26. The summed E-state index contributed by atoms with van der Waals surface area (Å²) in [5, 5.41) is 0. The Bertz CT molecular complexity index is 472. The first-order valence-corrected chi connectivity index (χ1v) is 7.51. The van der Waals surface area contributed by atoms with Crippen LogP contribution in [0.2, 0.25) is 0 Å². The fraction of sp³-hybridized carbons (Fsp3) is 0.500. The van der Waals surface area contributed by atoms with Crippen LogP contribution in [0.4, 0.5) is 5.69 Å². The third-order valence-corrected chi connectivity index (χ3v) is 3.34. The summed E-state index contributed by atoms with van der Waals surface area (Å²) in [6, 6.07) is 6.79. The van der Waals surface area contributed by atoms with Crippen molar-refractivity contribution in [2.75, 3.05) is 18.9 Å². The van der Waals surface area contributed by atoms with Crippen LogP contribution in [0.5, 0.6) is 5.75 Å². The number of benzene rings is 1. The second kappa shape index (κ2) is 6.61. The molecule has 0 fully saturated rings. The maximum atomic E-state index is 11.5. The van der Waals surface area contributed by atoms with Gasteiger partial charge in [-0.25, -0.2) is 8.42 Å². The van der Waals surface area contributed by atoms with E-state index in [4.69, 9.17) is 4.74 Å².